The van der Waals surface area contributed by atoms with E-state index in [4.69, 9.17) is 11.5 Å². The van der Waals surface area contributed by atoms with Crippen LogP contribution in [0.3, 0.4) is 0 Å². The zero-order valence-corrected chi connectivity index (χ0v) is 12.5. The van der Waals surface area contributed by atoms with Crippen LogP contribution in [0.25, 0.3) is 0 Å². The van der Waals surface area contributed by atoms with Crippen molar-refractivity contribution in [1.29, 1.82) is 0 Å². The number of rotatable bonds is 2. The number of nitrogens with zero attached hydrogens (tertiary/aromatic N) is 3. The van der Waals surface area contributed by atoms with Crippen LogP contribution in [0.5, 0.6) is 0 Å². The van der Waals surface area contributed by atoms with Crippen molar-refractivity contribution in [2.24, 2.45) is 5.73 Å². The van der Waals surface area contributed by atoms with Crippen LogP contribution in [0.4, 0.5) is 11.5 Å². The number of aromatic nitrogens is 1. The Morgan fingerprint density at radius 2 is 2.14 bits per heavy atom. The fourth-order valence-electron chi connectivity index (χ4n) is 3.47. The van der Waals surface area contributed by atoms with Gasteiger partial charge in [0.2, 0.25) is 0 Å². The summed E-state index contributed by atoms with van der Waals surface area (Å²) in [6, 6.07) is 4.20. The molecule has 2 atom stereocenters. The van der Waals surface area contributed by atoms with Gasteiger partial charge in [-0.15, -0.1) is 0 Å². The van der Waals surface area contributed by atoms with E-state index in [0.717, 1.165) is 13.1 Å². The summed E-state index contributed by atoms with van der Waals surface area (Å²) >= 11 is 0. The van der Waals surface area contributed by atoms with E-state index in [-0.39, 0.29) is 5.69 Å². The second-order valence-corrected chi connectivity index (χ2v) is 6.12. The normalized spacial score (nSPS) is 26.4. The first-order valence-electron chi connectivity index (χ1n) is 7.63. The van der Waals surface area contributed by atoms with Crippen molar-refractivity contribution in [2.75, 3.05) is 30.3 Å². The molecule has 4 N–H and O–H groups in total. The number of piperazine rings is 1. The average molecular weight is 289 g/mol. The molecule has 114 valence electrons. The minimum Gasteiger partial charge on any atom is -0.396 e. The molecule has 2 saturated heterocycles. The summed E-state index contributed by atoms with van der Waals surface area (Å²) in [6.07, 6.45) is 3.80. The topological polar surface area (TPSA) is 88.5 Å². The fourth-order valence-corrected chi connectivity index (χ4v) is 3.47. The lowest BCUT2D eigenvalue weighted by molar-refractivity contribution is 0.0995. The number of carbonyl (C=O) groups is 1. The highest BCUT2D eigenvalue weighted by Gasteiger charge is 2.34. The van der Waals surface area contributed by atoms with Gasteiger partial charge in [0.1, 0.15) is 5.69 Å². The third-order valence-electron chi connectivity index (χ3n) is 4.62. The molecule has 1 aromatic rings. The van der Waals surface area contributed by atoms with Crippen LogP contribution in [0.2, 0.25) is 0 Å². The lowest BCUT2D eigenvalue weighted by Crippen LogP contribution is -2.59. The number of carbonyl (C=O) groups excluding carboxylic acids is 1. The zero-order valence-electron chi connectivity index (χ0n) is 12.5. The number of amides is 1. The quantitative estimate of drug-likeness (QED) is 0.841. The van der Waals surface area contributed by atoms with E-state index in [1.807, 2.05) is 0 Å². The van der Waals surface area contributed by atoms with Gasteiger partial charge in [-0.3, -0.25) is 9.69 Å². The molecule has 2 aliphatic heterocycles. The molecule has 6 nitrogen and oxygen atoms in total. The Balaban J connectivity index is 1.88. The Morgan fingerprint density at radius 3 is 2.90 bits per heavy atom. The molecule has 1 amide bonds. The number of nitrogens with two attached hydrogens (primary N) is 2. The second kappa shape index (κ2) is 5.52. The molecule has 0 spiro atoms. The largest absolute Gasteiger partial charge is 0.396 e. The van der Waals surface area contributed by atoms with Gasteiger partial charge in [0.05, 0.1) is 5.69 Å². The summed E-state index contributed by atoms with van der Waals surface area (Å²) in [6.45, 7) is 5.31. The minimum absolute atomic E-state index is 0.275. The van der Waals surface area contributed by atoms with E-state index in [0.29, 0.717) is 23.6 Å². The van der Waals surface area contributed by atoms with Crippen LogP contribution in [0, 0.1) is 0 Å². The monoisotopic (exact) mass is 289 g/mol. The number of primary amides is 1. The van der Waals surface area contributed by atoms with Crippen molar-refractivity contribution in [3.8, 4) is 0 Å². The highest BCUT2D eigenvalue weighted by atomic mass is 16.1. The Hall–Kier alpha value is -1.82. The Bertz CT molecular complexity index is 547. The van der Waals surface area contributed by atoms with Crippen LogP contribution >= 0.6 is 0 Å². The van der Waals surface area contributed by atoms with Crippen LogP contribution in [-0.2, 0) is 0 Å². The smallest absolute Gasteiger partial charge is 0.267 e. The molecule has 6 heteroatoms. The first-order valence-corrected chi connectivity index (χ1v) is 7.63. The van der Waals surface area contributed by atoms with E-state index in [1.54, 1.807) is 12.1 Å². The molecule has 2 aliphatic rings. The molecule has 0 bridgehead atoms. The first-order chi connectivity index (χ1) is 10.1. The molecule has 2 fully saturated rings. The number of hydrogen-bond acceptors (Lipinski definition) is 5. The zero-order chi connectivity index (χ0) is 15.0. The Labute approximate surface area is 125 Å². The molecule has 2 unspecified atom stereocenters. The Morgan fingerprint density at radius 1 is 1.33 bits per heavy atom. The summed E-state index contributed by atoms with van der Waals surface area (Å²) < 4.78 is 0. The number of piperidine rings is 1. The maximum absolute atomic E-state index is 11.3. The van der Waals surface area contributed by atoms with E-state index >= 15 is 0 Å². The number of nitrogen functional groups attached to an aromatic ring is 1. The van der Waals surface area contributed by atoms with Crippen LogP contribution in [0.15, 0.2) is 12.1 Å². The third-order valence-corrected chi connectivity index (χ3v) is 4.62. The molecule has 21 heavy (non-hydrogen) atoms. The molecule has 0 aromatic carbocycles. The number of hydrogen-bond donors (Lipinski definition) is 2. The molecular formula is C15H23N5O. The lowest BCUT2D eigenvalue weighted by atomic mass is 9.97. The van der Waals surface area contributed by atoms with Gasteiger partial charge in [-0.05, 0) is 38.4 Å². The van der Waals surface area contributed by atoms with Crippen molar-refractivity contribution in [2.45, 2.75) is 38.3 Å². The van der Waals surface area contributed by atoms with Gasteiger partial charge in [0.25, 0.3) is 5.91 Å². The summed E-state index contributed by atoms with van der Waals surface area (Å²) in [4.78, 5) is 20.5. The van der Waals surface area contributed by atoms with Crippen molar-refractivity contribution in [3.05, 3.63) is 17.8 Å². The Kier molecular flexibility index (Phi) is 3.71. The maximum Gasteiger partial charge on any atom is 0.267 e. The van der Waals surface area contributed by atoms with Gasteiger partial charge in [0, 0.05) is 25.2 Å². The number of fused-ring (bicyclic) bond motifs is 1. The van der Waals surface area contributed by atoms with Gasteiger partial charge < -0.3 is 16.4 Å². The third kappa shape index (κ3) is 2.68. The lowest BCUT2D eigenvalue weighted by Gasteiger charge is -2.48. The molecular weight excluding hydrogens is 266 g/mol. The average Bonchev–Trinajstić information content (AvgIpc) is 2.47. The molecule has 1 aromatic heterocycles. The van der Waals surface area contributed by atoms with Gasteiger partial charge >= 0.3 is 0 Å². The minimum atomic E-state index is -0.514. The van der Waals surface area contributed by atoms with Crippen molar-refractivity contribution < 1.29 is 4.79 Å². The van der Waals surface area contributed by atoms with Crippen LogP contribution in [-0.4, -0.2) is 47.5 Å². The van der Waals surface area contributed by atoms with E-state index in [1.165, 1.54) is 25.8 Å². The van der Waals surface area contributed by atoms with Crippen LogP contribution in [0.1, 0.15) is 36.7 Å². The SMILES string of the molecule is CC1CN2CCCCC2CN1c1nc(C(N)=O)ccc1N. The van der Waals surface area contributed by atoms with Crippen LogP contribution < -0.4 is 16.4 Å². The second-order valence-electron chi connectivity index (χ2n) is 6.12. The van der Waals surface area contributed by atoms with Crippen molar-refractivity contribution in [1.82, 2.24) is 9.88 Å². The molecule has 3 heterocycles. The number of pyridine rings is 1. The maximum atomic E-state index is 11.3. The summed E-state index contributed by atoms with van der Waals surface area (Å²) in [7, 11) is 0. The van der Waals surface area contributed by atoms with Gasteiger partial charge in [-0.2, -0.15) is 0 Å². The highest BCUT2D eigenvalue weighted by Crippen LogP contribution is 2.30. The van der Waals surface area contributed by atoms with Gasteiger partial charge in [-0.25, -0.2) is 4.98 Å². The van der Waals surface area contributed by atoms with E-state index in [9.17, 15) is 4.79 Å². The molecule has 0 aliphatic carbocycles. The van der Waals surface area contributed by atoms with Gasteiger partial charge in [-0.1, -0.05) is 6.42 Å². The van der Waals surface area contributed by atoms with Crippen molar-refractivity contribution >= 4 is 17.4 Å². The first kappa shape index (κ1) is 14.1. The fraction of sp³-hybridized carbons (Fsp3) is 0.600. The molecule has 0 radical (unpaired) electrons. The molecule has 3 rings (SSSR count). The summed E-state index contributed by atoms with van der Waals surface area (Å²) in [5.41, 5.74) is 12.3. The predicted molar refractivity (Wildman–Crippen MR) is 83.2 cm³/mol. The standard InChI is InChI=1S/C15H23N5O/c1-10-8-19-7-3-2-4-11(19)9-20(10)15-12(16)5-6-13(18-15)14(17)21/h5-6,10-11H,2-4,7-9,16H2,1H3,(H2,17,21). The molecule has 0 saturated carbocycles. The number of anilines is 2. The van der Waals surface area contributed by atoms with E-state index in [2.05, 4.69) is 21.7 Å². The van der Waals surface area contributed by atoms with Crippen molar-refractivity contribution in [3.63, 3.8) is 0 Å². The summed E-state index contributed by atoms with van der Waals surface area (Å²) in [5, 5.41) is 0. The predicted octanol–water partition coefficient (Wildman–Crippen LogP) is 0.826. The highest BCUT2D eigenvalue weighted by molar-refractivity contribution is 5.92. The summed E-state index contributed by atoms with van der Waals surface area (Å²) in [5.74, 6) is 0.184. The van der Waals surface area contributed by atoms with E-state index < -0.39 is 5.91 Å². The van der Waals surface area contributed by atoms with Gasteiger partial charge in [0.15, 0.2) is 5.82 Å².